The van der Waals surface area contributed by atoms with Crippen molar-refractivity contribution in [2.45, 2.75) is 19.5 Å². The third-order valence-electron chi connectivity index (χ3n) is 3.94. The van der Waals surface area contributed by atoms with Gasteiger partial charge in [-0.3, -0.25) is 14.0 Å². The highest BCUT2D eigenvalue weighted by molar-refractivity contribution is 7.77. The fraction of sp³-hybridized carbons (Fsp3) is 0.167. The molecule has 29 heavy (non-hydrogen) atoms. The second-order valence-corrected chi connectivity index (χ2v) is 8.80. The number of hydrogen-bond acceptors (Lipinski definition) is 6. The smallest absolute Gasteiger partial charge is 0.270 e. The molecule has 2 unspecified atom stereocenters. The van der Waals surface area contributed by atoms with Crippen molar-refractivity contribution in [1.29, 1.82) is 0 Å². The highest BCUT2D eigenvalue weighted by Gasteiger charge is 2.17. The third-order valence-corrected chi connectivity index (χ3v) is 6.02. The average molecular weight is 470 g/mol. The highest BCUT2D eigenvalue weighted by atomic mass is 35.5. The highest BCUT2D eigenvalue weighted by Crippen LogP contribution is 2.29. The molecule has 0 saturated carbocycles. The first kappa shape index (κ1) is 21.8. The van der Waals surface area contributed by atoms with Gasteiger partial charge in [0, 0.05) is 28.5 Å². The van der Waals surface area contributed by atoms with Crippen molar-refractivity contribution in [2.24, 2.45) is 0 Å². The molecule has 3 aromatic rings. The van der Waals surface area contributed by atoms with Crippen LogP contribution >= 0.6 is 34.5 Å². The molecule has 2 heterocycles. The van der Waals surface area contributed by atoms with Gasteiger partial charge in [0.25, 0.3) is 5.91 Å². The minimum atomic E-state index is -2.53. The topological polar surface area (TPSA) is 107 Å². The van der Waals surface area contributed by atoms with Crippen molar-refractivity contribution < 1.29 is 13.6 Å². The number of nitrogens with one attached hydrogen (secondary N) is 2. The maximum atomic E-state index is 12.3. The van der Waals surface area contributed by atoms with Crippen molar-refractivity contribution in [2.75, 3.05) is 0 Å². The summed E-state index contributed by atoms with van der Waals surface area (Å²) < 4.78 is 24.9. The van der Waals surface area contributed by atoms with Gasteiger partial charge in [0.1, 0.15) is 5.69 Å². The number of rotatable bonds is 7. The zero-order chi connectivity index (χ0) is 21.0. The van der Waals surface area contributed by atoms with Crippen LogP contribution in [0.5, 0.6) is 0 Å². The summed E-state index contributed by atoms with van der Waals surface area (Å²) in [5.74, 6) is -0.339. The quantitative estimate of drug-likeness (QED) is 0.514. The lowest BCUT2D eigenvalue weighted by Crippen LogP contribution is -2.26. The molecule has 1 aromatic carbocycles. The average Bonchev–Trinajstić information content (AvgIpc) is 3.12. The van der Waals surface area contributed by atoms with Crippen LogP contribution in [0.2, 0.25) is 10.0 Å². The minimum Gasteiger partial charge on any atom is -0.760 e. The number of carbonyl (C=O) groups excluding carboxylic acids is 1. The van der Waals surface area contributed by atoms with Crippen molar-refractivity contribution >= 4 is 51.7 Å². The first-order valence-electron chi connectivity index (χ1n) is 8.29. The summed E-state index contributed by atoms with van der Waals surface area (Å²) in [6, 6.07) is 7.25. The van der Waals surface area contributed by atoms with Crippen LogP contribution in [0.1, 0.15) is 37.5 Å². The number of carbonyl (C=O) groups is 1. The van der Waals surface area contributed by atoms with E-state index in [9.17, 15) is 13.6 Å². The van der Waals surface area contributed by atoms with Crippen molar-refractivity contribution in [3.63, 3.8) is 0 Å². The number of aromatic nitrogens is 2. The number of amides is 1. The molecule has 0 aliphatic carbocycles. The number of thiazole rings is 1. The maximum Gasteiger partial charge on any atom is 0.270 e. The summed E-state index contributed by atoms with van der Waals surface area (Å²) in [6.45, 7) is 2.25. The van der Waals surface area contributed by atoms with Gasteiger partial charge in [-0.05, 0) is 36.2 Å². The second kappa shape index (κ2) is 9.75. The molecule has 0 bridgehead atoms. The Labute approximate surface area is 183 Å². The normalized spacial score (nSPS) is 13.1. The molecule has 0 fully saturated rings. The van der Waals surface area contributed by atoms with Crippen LogP contribution in [0.3, 0.4) is 0 Å². The van der Waals surface area contributed by atoms with E-state index in [1.165, 1.54) is 23.6 Å². The molecule has 0 saturated heterocycles. The Morgan fingerprint density at radius 1 is 1.17 bits per heavy atom. The van der Waals surface area contributed by atoms with E-state index in [4.69, 9.17) is 23.2 Å². The van der Waals surface area contributed by atoms with E-state index in [0.29, 0.717) is 27.7 Å². The first-order valence-corrected chi connectivity index (χ1v) is 10.9. The summed E-state index contributed by atoms with van der Waals surface area (Å²) in [4.78, 5) is 21.5. The fourth-order valence-corrected chi connectivity index (χ4v) is 4.08. The third kappa shape index (κ3) is 5.81. The zero-order valence-electron chi connectivity index (χ0n) is 15.0. The van der Waals surface area contributed by atoms with Crippen LogP contribution in [0.15, 0.2) is 42.7 Å². The lowest BCUT2D eigenvalue weighted by atomic mass is 10.0. The number of benzene rings is 1. The molecule has 152 valence electrons. The van der Waals surface area contributed by atoms with E-state index in [0.717, 1.165) is 9.88 Å². The largest absolute Gasteiger partial charge is 0.760 e. The van der Waals surface area contributed by atoms with Crippen LogP contribution < -0.4 is 10.0 Å². The number of aryl methyl sites for hydroxylation is 1. The minimum absolute atomic E-state index is 0.214. The zero-order valence-corrected chi connectivity index (χ0v) is 18.2. The standard InChI is InChI=1S/C18H16Cl2N4O3S2/c1-10-21-8-13(28-10)9-23-18(25)16-5-3-12(7-22-16)17(24-29(26)27)11-2-4-14(19)15(20)6-11/h2-8,17,24H,9H2,1H3,(H,23,25)(H,26,27)/p-1. The van der Waals surface area contributed by atoms with Gasteiger partial charge in [0.15, 0.2) is 0 Å². The van der Waals surface area contributed by atoms with Crippen molar-refractivity contribution in [1.82, 2.24) is 20.0 Å². The second-order valence-electron chi connectivity index (χ2n) is 5.96. The molecule has 11 heteroatoms. The van der Waals surface area contributed by atoms with Gasteiger partial charge in [-0.1, -0.05) is 35.3 Å². The molecule has 1 amide bonds. The van der Waals surface area contributed by atoms with E-state index in [-0.39, 0.29) is 11.6 Å². The predicted molar refractivity (Wildman–Crippen MR) is 113 cm³/mol. The van der Waals surface area contributed by atoms with Gasteiger partial charge in [0.05, 0.1) is 27.6 Å². The lowest BCUT2D eigenvalue weighted by molar-refractivity contribution is 0.0946. The molecule has 2 N–H and O–H groups in total. The molecule has 0 aliphatic rings. The monoisotopic (exact) mass is 469 g/mol. The summed E-state index contributed by atoms with van der Waals surface area (Å²) in [5.41, 5.74) is 1.34. The number of hydrogen-bond donors (Lipinski definition) is 2. The number of nitrogens with zero attached hydrogens (tertiary/aromatic N) is 2. The Bertz CT molecular complexity index is 1040. The molecule has 0 spiro atoms. The van der Waals surface area contributed by atoms with Crippen LogP contribution in [-0.4, -0.2) is 24.6 Å². The Kier molecular flexibility index (Phi) is 7.33. The molecule has 7 nitrogen and oxygen atoms in total. The van der Waals surface area contributed by atoms with Gasteiger partial charge >= 0.3 is 0 Å². The van der Waals surface area contributed by atoms with Crippen molar-refractivity contribution in [3.8, 4) is 0 Å². The summed E-state index contributed by atoms with van der Waals surface area (Å²) in [5, 5.41) is 4.36. The summed E-state index contributed by atoms with van der Waals surface area (Å²) in [7, 11) is 0. The summed E-state index contributed by atoms with van der Waals surface area (Å²) in [6.07, 6.45) is 3.16. The van der Waals surface area contributed by atoms with Crippen molar-refractivity contribution in [3.05, 3.63) is 79.5 Å². The molecule has 2 atom stereocenters. The van der Waals surface area contributed by atoms with E-state index in [1.807, 2.05) is 6.92 Å². The van der Waals surface area contributed by atoms with Crippen LogP contribution in [0.4, 0.5) is 0 Å². The molecule has 3 rings (SSSR count). The summed E-state index contributed by atoms with van der Waals surface area (Å²) >= 11 is 11.0. The van der Waals surface area contributed by atoms with Gasteiger partial charge in [-0.15, -0.1) is 11.3 Å². The van der Waals surface area contributed by atoms with E-state index < -0.39 is 17.3 Å². The van der Waals surface area contributed by atoms with Gasteiger partial charge in [0.2, 0.25) is 0 Å². The molecular formula is C18H15Cl2N4O3S2-. The van der Waals surface area contributed by atoms with Gasteiger partial charge in [-0.2, -0.15) is 0 Å². The SMILES string of the molecule is Cc1ncc(CNC(=O)c2ccc(C(NS(=O)[O-])c3ccc(Cl)c(Cl)c3)cn2)s1. The van der Waals surface area contributed by atoms with Gasteiger partial charge < -0.3 is 9.87 Å². The Hall–Kier alpha value is -1.88. The maximum absolute atomic E-state index is 12.3. The van der Waals surface area contributed by atoms with Gasteiger partial charge in [-0.25, -0.2) is 9.71 Å². The lowest BCUT2D eigenvalue weighted by Gasteiger charge is -2.21. The molecule has 2 aromatic heterocycles. The Balaban J connectivity index is 1.76. The van der Waals surface area contributed by atoms with E-state index in [1.54, 1.807) is 30.5 Å². The molecule has 0 radical (unpaired) electrons. The number of halogens is 2. The Morgan fingerprint density at radius 2 is 1.93 bits per heavy atom. The first-order chi connectivity index (χ1) is 13.8. The van der Waals surface area contributed by atoms with Crippen LogP contribution in [0, 0.1) is 6.92 Å². The predicted octanol–water partition coefficient (Wildman–Crippen LogP) is 3.56. The Morgan fingerprint density at radius 3 is 2.52 bits per heavy atom. The molecule has 0 aliphatic heterocycles. The molecular weight excluding hydrogens is 455 g/mol. The van der Waals surface area contributed by atoms with E-state index in [2.05, 4.69) is 20.0 Å². The fourth-order valence-electron chi connectivity index (χ4n) is 2.57. The van der Waals surface area contributed by atoms with E-state index >= 15 is 0 Å². The number of pyridine rings is 1. The van der Waals surface area contributed by atoms with Crippen LogP contribution in [0.25, 0.3) is 0 Å². The van der Waals surface area contributed by atoms with Crippen LogP contribution in [-0.2, 0) is 17.8 Å².